The van der Waals surface area contributed by atoms with Crippen LogP contribution in [0.4, 0.5) is 8.78 Å². The number of fused-ring (bicyclic) bond motifs is 1. The summed E-state index contributed by atoms with van der Waals surface area (Å²) in [5, 5.41) is 0. The molecule has 2 nitrogen and oxygen atoms in total. The van der Waals surface area contributed by atoms with E-state index in [1.807, 2.05) is 13.0 Å². The summed E-state index contributed by atoms with van der Waals surface area (Å²) in [7, 11) is 0. The molecule has 0 N–H and O–H groups in total. The van der Waals surface area contributed by atoms with Gasteiger partial charge in [-0.15, -0.1) is 11.3 Å². The van der Waals surface area contributed by atoms with Gasteiger partial charge in [0.15, 0.2) is 9.99 Å². The fourth-order valence-corrected chi connectivity index (χ4v) is 3.86. The third-order valence-corrected chi connectivity index (χ3v) is 4.89. The van der Waals surface area contributed by atoms with Crippen molar-refractivity contribution in [1.29, 1.82) is 0 Å². The monoisotopic (exact) mass is 338 g/mol. The smallest absolute Gasteiger partial charge is 0.231 e. The largest absolute Gasteiger partial charge is 0.248 e. The van der Waals surface area contributed by atoms with E-state index in [1.165, 1.54) is 11.3 Å². The first-order chi connectivity index (χ1) is 8.10. The zero-order valence-corrected chi connectivity index (χ0v) is 12.1. The number of thioether (sulfide) groups is 1. The van der Waals surface area contributed by atoms with Crippen molar-refractivity contribution in [1.82, 2.24) is 9.97 Å². The van der Waals surface area contributed by atoms with Crippen LogP contribution < -0.4 is 0 Å². The maximum atomic E-state index is 12.1. The predicted molar refractivity (Wildman–Crippen MR) is 71.2 cm³/mol. The number of aryl methyl sites for hydroxylation is 1. The van der Waals surface area contributed by atoms with Gasteiger partial charge in [-0.3, -0.25) is 0 Å². The van der Waals surface area contributed by atoms with Gasteiger partial charge in [-0.1, -0.05) is 18.7 Å². The number of thiazole rings is 1. The molecule has 0 saturated carbocycles. The number of pyridine rings is 1. The van der Waals surface area contributed by atoms with Gasteiger partial charge in [-0.2, -0.15) is 0 Å². The first-order valence-corrected chi connectivity index (χ1v) is 7.56. The van der Waals surface area contributed by atoms with Crippen LogP contribution in [0.25, 0.3) is 10.3 Å². The second-order valence-corrected chi connectivity index (χ2v) is 6.43. The van der Waals surface area contributed by atoms with Gasteiger partial charge in [0, 0.05) is 4.47 Å². The Bertz CT molecular complexity index is 530. The molecule has 0 bridgehead atoms. The summed E-state index contributed by atoms with van der Waals surface area (Å²) in [4.78, 5) is 8.64. The molecule has 2 heterocycles. The van der Waals surface area contributed by atoms with Crippen molar-refractivity contribution in [3.63, 3.8) is 0 Å². The third kappa shape index (κ3) is 3.14. The van der Waals surface area contributed by atoms with Gasteiger partial charge in [-0.25, -0.2) is 18.7 Å². The zero-order valence-electron chi connectivity index (χ0n) is 8.91. The zero-order chi connectivity index (χ0) is 12.4. The van der Waals surface area contributed by atoms with E-state index in [2.05, 4.69) is 25.9 Å². The van der Waals surface area contributed by atoms with Crippen LogP contribution in [0.3, 0.4) is 0 Å². The fourth-order valence-electron chi connectivity index (χ4n) is 1.30. The van der Waals surface area contributed by atoms with Crippen molar-refractivity contribution in [3.05, 3.63) is 16.2 Å². The predicted octanol–water partition coefficient (Wildman–Crippen LogP) is 4.37. The summed E-state index contributed by atoms with van der Waals surface area (Å²) in [5.41, 5.74) is 1.58. The Morgan fingerprint density at radius 3 is 2.88 bits per heavy atom. The Labute approximate surface area is 114 Å². The highest BCUT2D eigenvalue weighted by molar-refractivity contribution is 9.10. The molecule has 0 saturated heterocycles. The van der Waals surface area contributed by atoms with E-state index in [0.29, 0.717) is 9.99 Å². The number of hydrogen-bond acceptors (Lipinski definition) is 4. The summed E-state index contributed by atoms with van der Waals surface area (Å²) in [5.74, 6) is -0.221. The second-order valence-electron chi connectivity index (χ2n) is 3.27. The molecule has 17 heavy (non-hydrogen) atoms. The Kier molecular flexibility index (Phi) is 4.32. The molecule has 2 aromatic rings. The highest BCUT2D eigenvalue weighted by Gasteiger charge is 2.11. The normalized spacial score (nSPS) is 11.6. The Hall–Kier alpha value is -0.270. The van der Waals surface area contributed by atoms with Crippen molar-refractivity contribution in [2.24, 2.45) is 0 Å². The van der Waals surface area contributed by atoms with Crippen LogP contribution in [0, 0.1) is 0 Å². The molecule has 0 fully saturated rings. The number of alkyl halides is 2. The van der Waals surface area contributed by atoms with E-state index in [-0.39, 0.29) is 5.75 Å². The van der Waals surface area contributed by atoms with Crippen LogP contribution in [-0.2, 0) is 6.42 Å². The molecule has 0 spiro atoms. The van der Waals surface area contributed by atoms with E-state index in [4.69, 9.17) is 0 Å². The molecule has 92 valence electrons. The first-order valence-electron chi connectivity index (χ1n) is 4.97. The number of hydrogen-bond donors (Lipinski definition) is 0. The molecule has 2 rings (SSSR count). The SMILES string of the molecule is CCc1nc2nc(SCC(F)F)sc2cc1Br. The van der Waals surface area contributed by atoms with Crippen LogP contribution in [0.1, 0.15) is 12.6 Å². The van der Waals surface area contributed by atoms with Crippen LogP contribution in [-0.4, -0.2) is 22.1 Å². The minimum absolute atomic E-state index is 0.221. The standard InChI is InChI=1S/C10H9BrF2N2S2/c1-2-6-5(11)3-7-9(14-6)15-10(17-7)16-4-8(12)13/h3,8H,2,4H2,1H3. The summed E-state index contributed by atoms with van der Waals surface area (Å²) < 4.78 is 26.7. The Balaban J connectivity index is 2.30. The van der Waals surface area contributed by atoms with Gasteiger partial charge in [0.2, 0.25) is 6.43 Å². The first kappa shape index (κ1) is 13.2. The summed E-state index contributed by atoms with van der Waals surface area (Å²) in [6.07, 6.45) is -1.49. The van der Waals surface area contributed by atoms with Gasteiger partial charge in [0.25, 0.3) is 0 Å². The van der Waals surface area contributed by atoms with Crippen LogP contribution in [0.2, 0.25) is 0 Å². The number of aromatic nitrogens is 2. The average molecular weight is 339 g/mol. The summed E-state index contributed by atoms with van der Waals surface area (Å²) in [6, 6.07) is 1.95. The molecule has 0 aliphatic heterocycles. The minimum atomic E-state index is -2.31. The van der Waals surface area contributed by atoms with Crippen molar-refractivity contribution < 1.29 is 8.78 Å². The molecule has 7 heteroatoms. The maximum Gasteiger partial charge on any atom is 0.248 e. The van der Waals surface area contributed by atoms with Gasteiger partial charge in [0.05, 0.1) is 16.1 Å². The van der Waals surface area contributed by atoms with E-state index in [0.717, 1.165) is 33.0 Å². The second kappa shape index (κ2) is 5.58. The molecule has 0 atom stereocenters. The van der Waals surface area contributed by atoms with Gasteiger partial charge < -0.3 is 0 Å². The Morgan fingerprint density at radius 1 is 1.47 bits per heavy atom. The molecular formula is C10H9BrF2N2S2. The van der Waals surface area contributed by atoms with Gasteiger partial charge in [0.1, 0.15) is 0 Å². The summed E-state index contributed by atoms with van der Waals surface area (Å²) in [6.45, 7) is 2.01. The van der Waals surface area contributed by atoms with Crippen LogP contribution in [0.5, 0.6) is 0 Å². The number of nitrogens with zero attached hydrogens (tertiary/aromatic N) is 2. The number of rotatable bonds is 4. The van der Waals surface area contributed by atoms with E-state index < -0.39 is 6.43 Å². The lowest BCUT2D eigenvalue weighted by Crippen LogP contribution is -1.92. The van der Waals surface area contributed by atoms with Crippen molar-refractivity contribution >= 4 is 49.4 Å². The van der Waals surface area contributed by atoms with E-state index in [1.54, 1.807) is 0 Å². The van der Waals surface area contributed by atoms with Crippen LogP contribution in [0.15, 0.2) is 14.9 Å². The maximum absolute atomic E-state index is 12.1. The van der Waals surface area contributed by atoms with Gasteiger partial charge >= 0.3 is 0 Å². The minimum Gasteiger partial charge on any atom is -0.231 e. The van der Waals surface area contributed by atoms with Crippen molar-refractivity contribution in [2.45, 2.75) is 24.1 Å². The highest BCUT2D eigenvalue weighted by atomic mass is 79.9. The highest BCUT2D eigenvalue weighted by Crippen LogP contribution is 2.32. The molecule has 0 aliphatic carbocycles. The topological polar surface area (TPSA) is 25.8 Å². The molecule has 0 unspecified atom stereocenters. The molecule has 0 radical (unpaired) electrons. The quantitative estimate of drug-likeness (QED) is 0.774. The molecule has 0 aliphatic rings. The number of halogens is 3. The van der Waals surface area contributed by atoms with E-state index in [9.17, 15) is 8.78 Å². The molecular weight excluding hydrogens is 330 g/mol. The lowest BCUT2D eigenvalue weighted by molar-refractivity contribution is 0.177. The Morgan fingerprint density at radius 2 is 2.24 bits per heavy atom. The molecule has 0 amide bonds. The fraction of sp³-hybridized carbons (Fsp3) is 0.400. The average Bonchev–Trinajstić information content (AvgIpc) is 2.67. The lowest BCUT2D eigenvalue weighted by Gasteiger charge is -1.98. The van der Waals surface area contributed by atoms with E-state index >= 15 is 0 Å². The summed E-state index contributed by atoms with van der Waals surface area (Å²) >= 11 is 5.91. The lowest BCUT2D eigenvalue weighted by atomic mass is 10.3. The van der Waals surface area contributed by atoms with Crippen molar-refractivity contribution in [3.8, 4) is 0 Å². The van der Waals surface area contributed by atoms with Gasteiger partial charge in [-0.05, 0) is 28.4 Å². The van der Waals surface area contributed by atoms with Crippen LogP contribution >= 0.6 is 39.0 Å². The molecule has 0 aromatic carbocycles. The molecule has 2 aromatic heterocycles. The third-order valence-electron chi connectivity index (χ3n) is 2.06. The van der Waals surface area contributed by atoms with Crippen molar-refractivity contribution in [2.75, 3.05) is 5.75 Å².